The van der Waals surface area contributed by atoms with Gasteiger partial charge in [-0.25, -0.2) is 4.98 Å². The quantitative estimate of drug-likeness (QED) is 0.615. The molecule has 1 rings (SSSR count). The third-order valence-corrected chi connectivity index (χ3v) is 0.727. The predicted molar refractivity (Wildman–Crippen MR) is 27.0 cm³/mol. The molecule has 2 nitrogen and oxygen atoms in total. The second-order valence-electron chi connectivity index (χ2n) is 1.03. The standard InChI is InChI=1S/C4H3ClN2.Ag/c5-4-3-6-1-2-7-4;/h1-3H;. The number of rotatable bonds is 0. The first-order chi connectivity index (χ1) is 3.39. The zero-order valence-corrected chi connectivity index (χ0v) is 6.04. The second kappa shape index (κ2) is 4.04. The van der Waals surface area contributed by atoms with Crippen molar-refractivity contribution in [3.05, 3.63) is 23.7 Å². The molecular formula is C4H3AgClN2. The maximum absolute atomic E-state index is 5.37. The molecule has 0 aliphatic rings. The van der Waals surface area contributed by atoms with Gasteiger partial charge in [0.2, 0.25) is 0 Å². The minimum atomic E-state index is 0. The zero-order valence-electron chi connectivity index (χ0n) is 3.81. The largest absolute Gasteiger partial charge is 0.260 e. The van der Waals surface area contributed by atoms with Crippen LogP contribution in [-0.4, -0.2) is 9.97 Å². The Balaban J connectivity index is 0.000000490. The number of halogens is 1. The van der Waals surface area contributed by atoms with Gasteiger partial charge in [-0.1, -0.05) is 11.6 Å². The van der Waals surface area contributed by atoms with Crippen molar-refractivity contribution in [3.8, 4) is 0 Å². The summed E-state index contributed by atoms with van der Waals surface area (Å²) in [5.41, 5.74) is 0. The van der Waals surface area contributed by atoms with E-state index in [1.807, 2.05) is 0 Å². The van der Waals surface area contributed by atoms with E-state index in [2.05, 4.69) is 9.97 Å². The molecule has 0 aromatic carbocycles. The van der Waals surface area contributed by atoms with Crippen LogP contribution in [-0.2, 0) is 22.4 Å². The summed E-state index contributed by atoms with van der Waals surface area (Å²) in [7, 11) is 0. The Morgan fingerprint density at radius 2 is 2.12 bits per heavy atom. The topological polar surface area (TPSA) is 25.8 Å². The maximum atomic E-state index is 5.37. The molecule has 1 aromatic heterocycles. The van der Waals surface area contributed by atoms with Gasteiger partial charge in [0.1, 0.15) is 5.15 Å². The molecule has 4 heteroatoms. The Morgan fingerprint density at radius 1 is 1.38 bits per heavy atom. The molecule has 1 radical (unpaired) electrons. The number of hydrogen-bond acceptors (Lipinski definition) is 2. The van der Waals surface area contributed by atoms with Crippen molar-refractivity contribution < 1.29 is 22.4 Å². The summed E-state index contributed by atoms with van der Waals surface area (Å²) in [5, 5.41) is 0.433. The Labute approximate surface area is 67.8 Å². The summed E-state index contributed by atoms with van der Waals surface area (Å²) in [5.74, 6) is 0. The summed E-state index contributed by atoms with van der Waals surface area (Å²) in [6.45, 7) is 0. The van der Waals surface area contributed by atoms with E-state index in [4.69, 9.17) is 11.6 Å². The van der Waals surface area contributed by atoms with Crippen molar-refractivity contribution >= 4 is 11.6 Å². The van der Waals surface area contributed by atoms with Crippen LogP contribution < -0.4 is 0 Å². The average molecular weight is 222 g/mol. The third-order valence-electron chi connectivity index (χ3n) is 0.532. The van der Waals surface area contributed by atoms with Gasteiger partial charge in [0.15, 0.2) is 0 Å². The van der Waals surface area contributed by atoms with Crippen molar-refractivity contribution in [3.63, 3.8) is 0 Å². The molecule has 0 unspecified atom stereocenters. The third kappa shape index (κ3) is 2.43. The number of nitrogens with zero attached hydrogens (tertiary/aromatic N) is 2. The molecule has 0 saturated carbocycles. The molecule has 47 valence electrons. The van der Waals surface area contributed by atoms with Gasteiger partial charge in [0.05, 0.1) is 6.20 Å². The van der Waals surface area contributed by atoms with E-state index in [1.54, 1.807) is 12.4 Å². The molecule has 0 aliphatic carbocycles. The molecular weight excluding hydrogens is 219 g/mol. The predicted octanol–water partition coefficient (Wildman–Crippen LogP) is 1.13. The van der Waals surface area contributed by atoms with E-state index < -0.39 is 0 Å². The molecule has 0 atom stereocenters. The van der Waals surface area contributed by atoms with Crippen LogP contribution >= 0.6 is 11.6 Å². The molecule has 8 heavy (non-hydrogen) atoms. The van der Waals surface area contributed by atoms with Gasteiger partial charge in [-0.05, 0) is 0 Å². The minimum Gasteiger partial charge on any atom is -0.260 e. The van der Waals surface area contributed by atoms with E-state index in [-0.39, 0.29) is 22.4 Å². The molecule has 0 bridgehead atoms. The normalized spacial score (nSPS) is 7.62. The van der Waals surface area contributed by atoms with Gasteiger partial charge in [-0.15, -0.1) is 0 Å². The van der Waals surface area contributed by atoms with E-state index in [0.29, 0.717) is 5.15 Å². The van der Waals surface area contributed by atoms with Crippen LogP contribution in [0.2, 0.25) is 5.15 Å². The summed E-state index contributed by atoms with van der Waals surface area (Å²) in [6.07, 6.45) is 4.61. The van der Waals surface area contributed by atoms with Crippen LogP contribution in [0.3, 0.4) is 0 Å². The van der Waals surface area contributed by atoms with E-state index in [0.717, 1.165) is 0 Å². The van der Waals surface area contributed by atoms with Crippen LogP contribution in [0.25, 0.3) is 0 Å². The van der Waals surface area contributed by atoms with E-state index >= 15 is 0 Å². The average Bonchev–Trinajstić information content (AvgIpc) is 1.69. The molecule has 0 N–H and O–H groups in total. The fourth-order valence-electron chi connectivity index (χ4n) is 0.281. The summed E-state index contributed by atoms with van der Waals surface area (Å²) >= 11 is 5.37. The van der Waals surface area contributed by atoms with Crippen molar-refractivity contribution in [1.29, 1.82) is 0 Å². The van der Waals surface area contributed by atoms with Crippen LogP contribution in [0.1, 0.15) is 0 Å². The molecule has 0 saturated heterocycles. The fourth-order valence-corrected chi connectivity index (χ4v) is 0.394. The first-order valence-electron chi connectivity index (χ1n) is 1.81. The van der Waals surface area contributed by atoms with Gasteiger partial charge in [0.25, 0.3) is 0 Å². The molecule has 1 heterocycles. The number of hydrogen-bond donors (Lipinski definition) is 0. The minimum absolute atomic E-state index is 0. The van der Waals surface area contributed by atoms with E-state index in [9.17, 15) is 0 Å². The van der Waals surface area contributed by atoms with Crippen molar-refractivity contribution in [2.75, 3.05) is 0 Å². The van der Waals surface area contributed by atoms with Gasteiger partial charge >= 0.3 is 0 Å². The van der Waals surface area contributed by atoms with Gasteiger partial charge in [-0.3, -0.25) is 4.98 Å². The van der Waals surface area contributed by atoms with Crippen LogP contribution in [0.4, 0.5) is 0 Å². The van der Waals surface area contributed by atoms with Crippen LogP contribution in [0.5, 0.6) is 0 Å². The van der Waals surface area contributed by atoms with Crippen LogP contribution in [0.15, 0.2) is 18.6 Å². The molecule has 0 aliphatic heterocycles. The Morgan fingerprint density at radius 3 is 2.38 bits per heavy atom. The first-order valence-corrected chi connectivity index (χ1v) is 2.19. The van der Waals surface area contributed by atoms with Gasteiger partial charge in [0, 0.05) is 34.8 Å². The van der Waals surface area contributed by atoms with Crippen molar-refractivity contribution in [2.45, 2.75) is 0 Å². The summed E-state index contributed by atoms with van der Waals surface area (Å²) in [4.78, 5) is 7.37. The molecule has 1 aromatic rings. The monoisotopic (exact) mass is 221 g/mol. The maximum Gasteiger partial charge on any atom is 0.147 e. The van der Waals surface area contributed by atoms with Crippen molar-refractivity contribution in [2.24, 2.45) is 0 Å². The van der Waals surface area contributed by atoms with E-state index in [1.165, 1.54) is 6.20 Å². The Hall–Kier alpha value is 0.110. The van der Waals surface area contributed by atoms with Crippen molar-refractivity contribution in [1.82, 2.24) is 9.97 Å². The number of aromatic nitrogens is 2. The Kier molecular flexibility index (Phi) is 4.09. The zero-order chi connectivity index (χ0) is 5.11. The van der Waals surface area contributed by atoms with Gasteiger partial charge in [-0.2, -0.15) is 0 Å². The second-order valence-corrected chi connectivity index (χ2v) is 1.42. The molecule has 0 spiro atoms. The fraction of sp³-hybridized carbons (Fsp3) is 0. The Bertz CT molecular complexity index is 144. The van der Waals surface area contributed by atoms with Gasteiger partial charge < -0.3 is 0 Å². The SMILES string of the molecule is Clc1cnccn1.[Ag]. The summed E-state index contributed by atoms with van der Waals surface area (Å²) in [6, 6.07) is 0. The molecule has 0 amide bonds. The smallest absolute Gasteiger partial charge is 0.147 e. The molecule has 0 fully saturated rings. The first kappa shape index (κ1) is 8.11. The summed E-state index contributed by atoms with van der Waals surface area (Å²) < 4.78 is 0. The van der Waals surface area contributed by atoms with Crippen LogP contribution in [0, 0.1) is 0 Å².